The Morgan fingerprint density at radius 3 is 2.71 bits per heavy atom. The van der Waals surface area contributed by atoms with Crippen molar-refractivity contribution in [1.82, 2.24) is 10.2 Å². The van der Waals surface area contributed by atoms with Gasteiger partial charge >= 0.3 is 0 Å². The Labute approximate surface area is 133 Å². The smallest absolute Gasteiger partial charge is 0.0248 e. The average Bonchev–Trinajstić information content (AvgIpc) is 3.20. The van der Waals surface area contributed by atoms with Gasteiger partial charge in [-0.1, -0.05) is 31.0 Å². The van der Waals surface area contributed by atoms with Gasteiger partial charge in [-0.15, -0.1) is 11.8 Å². The number of benzene rings is 1. The topological polar surface area (TPSA) is 15.3 Å². The van der Waals surface area contributed by atoms with E-state index in [9.17, 15) is 0 Å². The van der Waals surface area contributed by atoms with Gasteiger partial charge in [0.05, 0.1) is 0 Å². The Morgan fingerprint density at radius 1 is 1.19 bits per heavy atom. The van der Waals surface area contributed by atoms with Crippen LogP contribution < -0.4 is 5.32 Å². The van der Waals surface area contributed by atoms with Crippen LogP contribution in [0.1, 0.15) is 37.7 Å². The van der Waals surface area contributed by atoms with Gasteiger partial charge in [-0.2, -0.15) is 0 Å². The number of nitrogens with zero attached hydrogens (tertiary/aromatic N) is 1. The highest BCUT2D eigenvalue weighted by molar-refractivity contribution is 7.98. The summed E-state index contributed by atoms with van der Waals surface area (Å²) in [5.41, 5.74) is 1.51. The molecule has 2 nitrogen and oxygen atoms in total. The Kier molecular flexibility index (Phi) is 5.61. The zero-order valence-electron chi connectivity index (χ0n) is 13.2. The highest BCUT2D eigenvalue weighted by atomic mass is 32.2. The molecule has 0 bridgehead atoms. The largest absolute Gasteiger partial charge is 0.315 e. The van der Waals surface area contributed by atoms with Crippen molar-refractivity contribution in [1.29, 1.82) is 0 Å². The van der Waals surface area contributed by atoms with E-state index in [2.05, 4.69) is 40.7 Å². The molecule has 1 N–H and O–H groups in total. The minimum Gasteiger partial charge on any atom is -0.315 e. The van der Waals surface area contributed by atoms with Crippen LogP contribution in [0.15, 0.2) is 29.2 Å². The molecule has 1 aliphatic carbocycles. The zero-order chi connectivity index (χ0) is 14.5. The first-order chi connectivity index (χ1) is 10.4. The molecule has 2 aliphatic rings. The SMILES string of the molecule is CSc1ccccc1CN(CC1CCCC1)[C@H]1CCNC1. The first kappa shape index (κ1) is 15.4. The van der Waals surface area contributed by atoms with Gasteiger partial charge in [0.1, 0.15) is 0 Å². The van der Waals surface area contributed by atoms with E-state index in [4.69, 9.17) is 0 Å². The quantitative estimate of drug-likeness (QED) is 0.806. The molecule has 116 valence electrons. The molecule has 3 heteroatoms. The van der Waals surface area contributed by atoms with Crippen molar-refractivity contribution in [2.45, 2.75) is 49.6 Å². The van der Waals surface area contributed by atoms with Crippen molar-refractivity contribution in [3.05, 3.63) is 29.8 Å². The van der Waals surface area contributed by atoms with Crippen LogP contribution in [0.4, 0.5) is 0 Å². The molecule has 0 spiro atoms. The lowest BCUT2D eigenvalue weighted by atomic mass is 10.0. The number of nitrogens with one attached hydrogen (secondary N) is 1. The highest BCUT2D eigenvalue weighted by Crippen LogP contribution is 2.29. The number of hydrogen-bond donors (Lipinski definition) is 1. The second-order valence-electron chi connectivity index (χ2n) is 6.54. The molecule has 1 heterocycles. The van der Waals surface area contributed by atoms with E-state index in [1.54, 1.807) is 0 Å². The molecule has 0 unspecified atom stereocenters. The van der Waals surface area contributed by atoms with Gasteiger partial charge in [0, 0.05) is 30.6 Å². The number of hydrogen-bond acceptors (Lipinski definition) is 3. The summed E-state index contributed by atoms with van der Waals surface area (Å²) in [6, 6.07) is 9.67. The van der Waals surface area contributed by atoms with E-state index in [-0.39, 0.29) is 0 Å². The van der Waals surface area contributed by atoms with Crippen LogP contribution in [0.3, 0.4) is 0 Å². The van der Waals surface area contributed by atoms with Crippen LogP contribution >= 0.6 is 11.8 Å². The van der Waals surface area contributed by atoms with Gasteiger partial charge in [-0.25, -0.2) is 0 Å². The van der Waals surface area contributed by atoms with E-state index in [0.29, 0.717) is 0 Å². The summed E-state index contributed by atoms with van der Waals surface area (Å²) in [4.78, 5) is 4.21. The van der Waals surface area contributed by atoms with E-state index in [1.165, 1.54) is 62.2 Å². The summed E-state index contributed by atoms with van der Waals surface area (Å²) >= 11 is 1.88. The van der Waals surface area contributed by atoms with Gasteiger partial charge in [0.25, 0.3) is 0 Å². The molecule has 1 aromatic carbocycles. The third-order valence-electron chi connectivity index (χ3n) is 5.08. The lowest BCUT2D eigenvalue weighted by Crippen LogP contribution is -2.39. The molecule has 0 aromatic heterocycles. The van der Waals surface area contributed by atoms with E-state index < -0.39 is 0 Å². The molecular weight excluding hydrogens is 276 g/mol. The van der Waals surface area contributed by atoms with Crippen molar-refractivity contribution < 1.29 is 0 Å². The Bertz CT molecular complexity index is 437. The summed E-state index contributed by atoms with van der Waals surface area (Å²) in [5, 5.41) is 3.55. The molecule has 1 aromatic rings. The second kappa shape index (κ2) is 7.66. The summed E-state index contributed by atoms with van der Waals surface area (Å²) in [6.07, 6.45) is 9.29. The molecule has 1 saturated heterocycles. The summed E-state index contributed by atoms with van der Waals surface area (Å²) < 4.78 is 0. The molecule has 21 heavy (non-hydrogen) atoms. The van der Waals surface area contributed by atoms with Gasteiger partial charge < -0.3 is 5.32 Å². The predicted octanol–water partition coefficient (Wildman–Crippen LogP) is 3.76. The minimum absolute atomic E-state index is 0.737. The zero-order valence-corrected chi connectivity index (χ0v) is 14.0. The fourth-order valence-corrected chi connectivity index (χ4v) is 4.48. The van der Waals surface area contributed by atoms with Gasteiger partial charge in [0.2, 0.25) is 0 Å². The van der Waals surface area contributed by atoms with Crippen molar-refractivity contribution in [2.24, 2.45) is 5.92 Å². The van der Waals surface area contributed by atoms with Crippen LogP contribution in [0.25, 0.3) is 0 Å². The lowest BCUT2D eigenvalue weighted by Gasteiger charge is -2.31. The second-order valence-corrected chi connectivity index (χ2v) is 7.39. The van der Waals surface area contributed by atoms with Crippen molar-refractivity contribution >= 4 is 11.8 Å². The molecule has 2 fully saturated rings. The standard InChI is InChI=1S/C18H28N2S/c1-21-18-9-5-4-8-16(18)14-20(17-10-11-19-12-17)13-15-6-2-3-7-15/h4-5,8-9,15,17,19H,2-3,6-7,10-14H2,1H3/t17-/m0/s1. The maximum atomic E-state index is 3.55. The summed E-state index contributed by atoms with van der Waals surface area (Å²) in [5.74, 6) is 0.937. The van der Waals surface area contributed by atoms with Gasteiger partial charge in [-0.05, 0) is 49.6 Å². The van der Waals surface area contributed by atoms with Crippen LogP contribution in [0.5, 0.6) is 0 Å². The number of thioether (sulfide) groups is 1. The van der Waals surface area contributed by atoms with E-state index in [0.717, 1.165) is 18.5 Å². The fraction of sp³-hybridized carbons (Fsp3) is 0.667. The third-order valence-corrected chi connectivity index (χ3v) is 5.92. The van der Waals surface area contributed by atoms with Crippen LogP contribution in [-0.4, -0.2) is 36.8 Å². The van der Waals surface area contributed by atoms with E-state index >= 15 is 0 Å². The molecule has 1 atom stereocenters. The van der Waals surface area contributed by atoms with Crippen molar-refractivity contribution in [3.63, 3.8) is 0 Å². The van der Waals surface area contributed by atoms with Crippen LogP contribution in [0.2, 0.25) is 0 Å². The molecule has 1 aliphatic heterocycles. The minimum atomic E-state index is 0.737. The van der Waals surface area contributed by atoms with Gasteiger partial charge in [0.15, 0.2) is 0 Å². The third kappa shape index (κ3) is 4.02. The Morgan fingerprint density at radius 2 is 2.00 bits per heavy atom. The first-order valence-electron chi connectivity index (χ1n) is 8.43. The lowest BCUT2D eigenvalue weighted by molar-refractivity contribution is 0.167. The fourth-order valence-electron chi connectivity index (χ4n) is 3.87. The molecule has 0 amide bonds. The Balaban J connectivity index is 1.71. The number of rotatable bonds is 6. The molecular formula is C18H28N2S. The van der Waals surface area contributed by atoms with Crippen molar-refractivity contribution in [3.8, 4) is 0 Å². The first-order valence-corrected chi connectivity index (χ1v) is 9.66. The molecule has 0 radical (unpaired) electrons. The summed E-state index contributed by atoms with van der Waals surface area (Å²) in [7, 11) is 0. The van der Waals surface area contributed by atoms with Gasteiger partial charge in [-0.3, -0.25) is 4.90 Å². The van der Waals surface area contributed by atoms with Crippen LogP contribution in [0, 0.1) is 5.92 Å². The molecule has 1 saturated carbocycles. The average molecular weight is 305 g/mol. The highest BCUT2D eigenvalue weighted by Gasteiger charge is 2.26. The van der Waals surface area contributed by atoms with Crippen LogP contribution in [-0.2, 0) is 6.54 Å². The van der Waals surface area contributed by atoms with Crippen molar-refractivity contribution in [2.75, 3.05) is 25.9 Å². The normalized spacial score (nSPS) is 23.2. The monoisotopic (exact) mass is 304 g/mol. The maximum absolute atomic E-state index is 3.55. The molecule has 3 rings (SSSR count). The van der Waals surface area contributed by atoms with E-state index in [1.807, 2.05) is 11.8 Å². The summed E-state index contributed by atoms with van der Waals surface area (Å²) in [6.45, 7) is 4.79. The Hall–Kier alpha value is -0.510. The predicted molar refractivity (Wildman–Crippen MR) is 91.9 cm³/mol. The maximum Gasteiger partial charge on any atom is 0.0248 e.